The predicted molar refractivity (Wildman–Crippen MR) is 95.8 cm³/mol. The molecule has 0 aliphatic rings. The number of nitrogens with zero attached hydrogens (tertiary/aromatic N) is 2. The van der Waals surface area contributed by atoms with Crippen molar-refractivity contribution in [1.82, 2.24) is 14.9 Å². The van der Waals surface area contributed by atoms with Crippen LogP contribution in [0.4, 0.5) is 11.5 Å². The number of fused-ring (bicyclic) bond motifs is 1. The van der Waals surface area contributed by atoms with Gasteiger partial charge in [-0.25, -0.2) is 15.3 Å². The first-order valence-electron chi connectivity index (χ1n) is 7.83. The number of carbonyl (C=O) groups excluding carboxylic acids is 1. The summed E-state index contributed by atoms with van der Waals surface area (Å²) in [5, 5.41) is 12.5. The Morgan fingerprint density at radius 3 is 2.73 bits per heavy atom. The molecule has 0 radical (unpaired) electrons. The number of rotatable bonds is 5. The molecule has 0 saturated heterocycles. The molecule has 0 bridgehead atoms. The average Bonchev–Trinajstić information content (AvgIpc) is 2.95. The number of benzene rings is 1. The lowest BCUT2D eigenvalue weighted by atomic mass is 10.1. The Bertz CT molecular complexity index is 1010. The molecule has 2 heterocycles. The second-order valence-corrected chi connectivity index (χ2v) is 5.79. The fourth-order valence-electron chi connectivity index (χ4n) is 2.76. The Morgan fingerprint density at radius 2 is 2.04 bits per heavy atom. The lowest BCUT2D eigenvalue weighted by Gasteiger charge is -2.12. The SMILES string of the molecule is CONC(=O)c1ccc(C)c(Nc2nccn3cc(C(=O)O)c(C)c23)c1. The molecule has 134 valence electrons. The van der Waals surface area contributed by atoms with Crippen molar-refractivity contribution in [2.45, 2.75) is 13.8 Å². The molecule has 8 nitrogen and oxygen atoms in total. The van der Waals surface area contributed by atoms with E-state index < -0.39 is 5.97 Å². The van der Waals surface area contributed by atoms with Crippen molar-refractivity contribution in [2.75, 3.05) is 12.4 Å². The van der Waals surface area contributed by atoms with Crippen LogP contribution in [0.15, 0.2) is 36.8 Å². The molecule has 0 fully saturated rings. The summed E-state index contributed by atoms with van der Waals surface area (Å²) in [4.78, 5) is 32.3. The molecule has 0 atom stereocenters. The highest BCUT2D eigenvalue weighted by Crippen LogP contribution is 2.28. The van der Waals surface area contributed by atoms with Crippen LogP contribution in [-0.2, 0) is 4.84 Å². The maximum Gasteiger partial charge on any atom is 0.337 e. The van der Waals surface area contributed by atoms with E-state index in [1.54, 1.807) is 48.1 Å². The van der Waals surface area contributed by atoms with Gasteiger partial charge in [-0.3, -0.25) is 9.63 Å². The van der Waals surface area contributed by atoms with Gasteiger partial charge in [0.15, 0.2) is 5.82 Å². The smallest absolute Gasteiger partial charge is 0.337 e. The molecule has 1 amide bonds. The van der Waals surface area contributed by atoms with E-state index in [2.05, 4.69) is 20.6 Å². The van der Waals surface area contributed by atoms with Gasteiger partial charge in [0.05, 0.1) is 18.2 Å². The summed E-state index contributed by atoms with van der Waals surface area (Å²) >= 11 is 0. The standard InChI is InChI=1S/C18H18N4O4/c1-10-4-5-12(17(23)21-26-3)8-14(10)20-16-15-11(2)13(18(24)25)9-22(15)7-6-19-16/h4-9H,1-3H3,(H,19,20)(H,21,23)(H,24,25). The van der Waals surface area contributed by atoms with Crippen molar-refractivity contribution < 1.29 is 19.5 Å². The van der Waals surface area contributed by atoms with Gasteiger partial charge >= 0.3 is 5.97 Å². The monoisotopic (exact) mass is 354 g/mol. The normalized spacial score (nSPS) is 10.7. The third-order valence-corrected chi connectivity index (χ3v) is 4.12. The number of carboxylic acids is 1. The minimum atomic E-state index is -0.994. The van der Waals surface area contributed by atoms with Crippen LogP contribution in [0.3, 0.4) is 0 Å². The molecule has 1 aromatic carbocycles. The van der Waals surface area contributed by atoms with Crippen LogP contribution in [0.5, 0.6) is 0 Å². The highest BCUT2D eigenvalue weighted by Gasteiger charge is 2.17. The van der Waals surface area contributed by atoms with Crippen molar-refractivity contribution in [3.8, 4) is 0 Å². The minimum absolute atomic E-state index is 0.214. The molecule has 0 saturated carbocycles. The number of aromatic nitrogens is 2. The number of aryl methyl sites for hydroxylation is 2. The number of hydrogen-bond donors (Lipinski definition) is 3. The largest absolute Gasteiger partial charge is 0.478 e. The summed E-state index contributed by atoms with van der Waals surface area (Å²) in [5.41, 5.74) is 5.78. The Labute approximate surface area is 149 Å². The molecule has 0 spiro atoms. The lowest BCUT2D eigenvalue weighted by Crippen LogP contribution is -2.21. The predicted octanol–water partition coefficient (Wildman–Crippen LogP) is 2.68. The molecule has 3 N–H and O–H groups in total. The van der Waals surface area contributed by atoms with Crippen LogP contribution >= 0.6 is 0 Å². The summed E-state index contributed by atoms with van der Waals surface area (Å²) in [5.74, 6) is -0.856. The third-order valence-electron chi connectivity index (χ3n) is 4.12. The van der Waals surface area contributed by atoms with Crippen molar-refractivity contribution in [3.63, 3.8) is 0 Å². The van der Waals surface area contributed by atoms with E-state index in [1.807, 2.05) is 6.92 Å². The zero-order valence-corrected chi connectivity index (χ0v) is 14.5. The number of amides is 1. The number of hydroxylamine groups is 1. The highest BCUT2D eigenvalue weighted by molar-refractivity contribution is 5.96. The van der Waals surface area contributed by atoms with Gasteiger partial charge in [0, 0.05) is 29.8 Å². The van der Waals surface area contributed by atoms with Crippen LogP contribution in [0.1, 0.15) is 31.8 Å². The molecule has 2 aromatic heterocycles. The van der Waals surface area contributed by atoms with E-state index >= 15 is 0 Å². The number of anilines is 2. The Balaban J connectivity index is 2.05. The van der Waals surface area contributed by atoms with Crippen molar-refractivity contribution in [3.05, 3.63) is 59.0 Å². The maximum absolute atomic E-state index is 12.0. The summed E-state index contributed by atoms with van der Waals surface area (Å²) in [7, 11) is 1.37. The first-order valence-corrected chi connectivity index (χ1v) is 7.83. The van der Waals surface area contributed by atoms with Crippen LogP contribution in [0, 0.1) is 13.8 Å². The van der Waals surface area contributed by atoms with E-state index in [-0.39, 0.29) is 11.5 Å². The van der Waals surface area contributed by atoms with E-state index in [0.717, 1.165) is 5.56 Å². The summed E-state index contributed by atoms with van der Waals surface area (Å²) in [6.07, 6.45) is 4.82. The lowest BCUT2D eigenvalue weighted by molar-refractivity contribution is 0.0537. The van der Waals surface area contributed by atoms with Gasteiger partial charge in [-0.1, -0.05) is 6.07 Å². The van der Waals surface area contributed by atoms with E-state index in [4.69, 9.17) is 0 Å². The quantitative estimate of drug-likeness (QED) is 0.609. The molecular weight excluding hydrogens is 336 g/mol. The van der Waals surface area contributed by atoms with Gasteiger partial charge in [-0.15, -0.1) is 0 Å². The van der Waals surface area contributed by atoms with Gasteiger partial charge in [0.1, 0.15) is 0 Å². The van der Waals surface area contributed by atoms with E-state index in [0.29, 0.717) is 28.1 Å². The van der Waals surface area contributed by atoms with Gasteiger partial charge in [-0.2, -0.15) is 0 Å². The summed E-state index contributed by atoms with van der Waals surface area (Å²) < 4.78 is 1.71. The Morgan fingerprint density at radius 1 is 1.27 bits per heavy atom. The van der Waals surface area contributed by atoms with E-state index in [1.165, 1.54) is 7.11 Å². The average molecular weight is 354 g/mol. The fraction of sp³-hybridized carbons (Fsp3) is 0.167. The molecule has 0 aliphatic heterocycles. The zero-order valence-electron chi connectivity index (χ0n) is 14.5. The third kappa shape index (κ3) is 3.09. The molecule has 8 heteroatoms. The first kappa shape index (κ1) is 17.4. The van der Waals surface area contributed by atoms with Crippen LogP contribution in [0.25, 0.3) is 5.52 Å². The van der Waals surface area contributed by atoms with Gasteiger partial charge in [0.25, 0.3) is 5.91 Å². The Kier molecular flexibility index (Phi) is 4.59. The molecular formula is C18H18N4O4. The van der Waals surface area contributed by atoms with Crippen LogP contribution in [0.2, 0.25) is 0 Å². The number of carbonyl (C=O) groups is 2. The highest BCUT2D eigenvalue weighted by atomic mass is 16.6. The topological polar surface area (TPSA) is 105 Å². The number of carboxylic acid groups (broad SMARTS) is 1. The minimum Gasteiger partial charge on any atom is -0.478 e. The number of hydrogen-bond acceptors (Lipinski definition) is 5. The zero-order chi connectivity index (χ0) is 18.8. The fourth-order valence-corrected chi connectivity index (χ4v) is 2.76. The second-order valence-electron chi connectivity index (χ2n) is 5.79. The van der Waals surface area contributed by atoms with Gasteiger partial charge in [-0.05, 0) is 37.1 Å². The van der Waals surface area contributed by atoms with E-state index in [9.17, 15) is 14.7 Å². The van der Waals surface area contributed by atoms with Crippen molar-refractivity contribution in [1.29, 1.82) is 0 Å². The second kappa shape index (κ2) is 6.85. The molecule has 3 rings (SSSR count). The van der Waals surface area contributed by atoms with Gasteiger partial charge < -0.3 is 14.8 Å². The molecule has 3 aromatic rings. The molecule has 0 aliphatic carbocycles. The molecule has 26 heavy (non-hydrogen) atoms. The number of nitrogens with one attached hydrogen (secondary N) is 2. The molecule has 0 unspecified atom stereocenters. The van der Waals surface area contributed by atoms with Crippen LogP contribution in [-0.4, -0.2) is 33.5 Å². The summed E-state index contributed by atoms with van der Waals surface area (Å²) in [6, 6.07) is 5.18. The number of aromatic carboxylic acids is 1. The first-order chi connectivity index (χ1) is 12.4. The van der Waals surface area contributed by atoms with Gasteiger partial charge in [0.2, 0.25) is 0 Å². The van der Waals surface area contributed by atoms with Crippen molar-refractivity contribution >= 4 is 28.9 Å². The van der Waals surface area contributed by atoms with Crippen LogP contribution < -0.4 is 10.8 Å². The summed E-state index contributed by atoms with van der Waals surface area (Å²) in [6.45, 7) is 3.63. The Hall–Kier alpha value is -3.39. The van der Waals surface area contributed by atoms with Crippen molar-refractivity contribution in [2.24, 2.45) is 0 Å². The maximum atomic E-state index is 12.0.